The third-order valence-electron chi connectivity index (χ3n) is 3.57. The van der Waals surface area contributed by atoms with Crippen molar-refractivity contribution < 1.29 is 4.74 Å². The molecule has 0 bridgehead atoms. The summed E-state index contributed by atoms with van der Waals surface area (Å²) in [5, 5.41) is 0.985. The molecular weight excluding hydrogens is 294 g/mol. The fourth-order valence-electron chi connectivity index (χ4n) is 2.36. The smallest absolute Gasteiger partial charge is 0.352 e. The fourth-order valence-corrected chi connectivity index (χ4v) is 2.68. The second-order valence-electron chi connectivity index (χ2n) is 4.71. The lowest BCUT2D eigenvalue weighted by Crippen LogP contribution is -2.36. The normalized spacial score (nSPS) is 11.2. The molecule has 0 radical (unpaired) electrons. The van der Waals surface area contributed by atoms with Gasteiger partial charge in [-0.25, -0.2) is 4.79 Å². The standard InChI is InChI=1S/C14H12ClN3O3/c1-17-9-6-7(21-3)4-5-8(9)11(15)10-12(17)16-14(20)18(2)13(10)19/h4-6H,1-3H3. The Balaban J connectivity index is 2.63. The zero-order chi connectivity index (χ0) is 15.3. The van der Waals surface area contributed by atoms with Crippen LogP contribution in [0, 0.1) is 0 Å². The van der Waals surface area contributed by atoms with E-state index in [1.165, 1.54) is 7.05 Å². The lowest BCUT2D eigenvalue weighted by atomic mass is 10.1. The maximum Gasteiger partial charge on any atom is 0.352 e. The van der Waals surface area contributed by atoms with E-state index in [4.69, 9.17) is 16.3 Å². The summed E-state index contributed by atoms with van der Waals surface area (Å²) < 4.78 is 7.81. The van der Waals surface area contributed by atoms with Crippen LogP contribution in [0.3, 0.4) is 0 Å². The lowest BCUT2D eigenvalue weighted by molar-refractivity contribution is 0.415. The minimum absolute atomic E-state index is 0.235. The molecule has 7 heteroatoms. The Labute approximate surface area is 124 Å². The molecule has 6 nitrogen and oxygen atoms in total. The number of pyridine rings is 1. The molecule has 0 saturated heterocycles. The van der Waals surface area contributed by atoms with Gasteiger partial charge in [0.15, 0.2) is 5.82 Å². The molecule has 1 aromatic rings. The number of halogens is 1. The largest absolute Gasteiger partial charge is 0.497 e. The molecule has 0 unspecified atom stereocenters. The van der Waals surface area contributed by atoms with Crippen LogP contribution in [0.5, 0.6) is 5.75 Å². The lowest BCUT2D eigenvalue weighted by Gasteiger charge is -2.17. The van der Waals surface area contributed by atoms with E-state index in [0.717, 1.165) is 10.1 Å². The average Bonchev–Trinajstić information content (AvgIpc) is 2.49. The second-order valence-corrected chi connectivity index (χ2v) is 5.09. The van der Waals surface area contributed by atoms with E-state index in [9.17, 15) is 9.59 Å². The van der Waals surface area contributed by atoms with E-state index >= 15 is 0 Å². The molecule has 0 aliphatic carbocycles. The van der Waals surface area contributed by atoms with Crippen LogP contribution in [0.25, 0.3) is 22.3 Å². The number of benzene rings is 1. The van der Waals surface area contributed by atoms with E-state index in [-0.39, 0.29) is 16.4 Å². The topological polar surface area (TPSA) is 66.1 Å². The van der Waals surface area contributed by atoms with Crippen molar-refractivity contribution in [2.45, 2.75) is 0 Å². The molecule has 0 aromatic heterocycles. The van der Waals surface area contributed by atoms with Crippen molar-refractivity contribution in [1.82, 2.24) is 14.1 Å². The van der Waals surface area contributed by atoms with Crippen LogP contribution in [0.1, 0.15) is 0 Å². The summed E-state index contributed by atoms with van der Waals surface area (Å²) in [7, 11) is 4.67. The number of ether oxygens (including phenoxy) is 1. The van der Waals surface area contributed by atoms with Crippen LogP contribution in [-0.4, -0.2) is 21.2 Å². The van der Waals surface area contributed by atoms with Gasteiger partial charge >= 0.3 is 5.69 Å². The SMILES string of the molecule is COc1ccc2c(Cl)c3c(=O)n(C)c(=O)nc-3n(C)c2c1. The second kappa shape index (κ2) is 4.60. The number of aromatic nitrogens is 3. The van der Waals surface area contributed by atoms with Crippen LogP contribution in [0.4, 0.5) is 0 Å². The highest BCUT2D eigenvalue weighted by Crippen LogP contribution is 2.34. The summed E-state index contributed by atoms with van der Waals surface area (Å²) in [5.41, 5.74) is -0.101. The van der Waals surface area contributed by atoms with Crippen LogP contribution >= 0.6 is 11.6 Å². The molecule has 0 fully saturated rings. The minimum Gasteiger partial charge on any atom is -0.497 e. The van der Waals surface area contributed by atoms with Crippen LogP contribution < -0.4 is 16.0 Å². The highest BCUT2D eigenvalue weighted by molar-refractivity contribution is 6.38. The van der Waals surface area contributed by atoms with Gasteiger partial charge < -0.3 is 9.30 Å². The van der Waals surface area contributed by atoms with Crippen molar-refractivity contribution >= 4 is 22.5 Å². The number of rotatable bonds is 1. The van der Waals surface area contributed by atoms with Gasteiger partial charge in [-0.1, -0.05) is 11.6 Å². The number of methoxy groups -OCH3 is 1. The summed E-state index contributed by atoms with van der Waals surface area (Å²) >= 11 is 6.36. The quantitative estimate of drug-likeness (QED) is 0.637. The molecule has 0 saturated carbocycles. The van der Waals surface area contributed by atoms with Crippen LogP contribution in [0.15, 0.2) is 27.8 Å². The first-order chi connectivity index (χ1) is 9.95. The van der Waals surface area contributed by atoms with Crippen molar-refractivity contribution in [3.63, 3.8) is 0 Å². The molecule has 108 valence electrons. The van der Waals surface area contributed by atoms with Gasteiger partial charge in [-0.2, -0.15) is 4.98 Å². The maximum atomic E-state index is 12.3. The van der Waals surface area contributed by atoms with Crippen LogP contribution in [-0.2, 0) is 14.1 Å². The average molecular weight is 306 g/mol. The molecule has 2 heterocycles. The van der Waals surface area contributed by atoms with E-state index < -0.39 is 11.2 Å². The van der Waals surface area contributed by atoms with Gasteiger partial charge in [0.25, 0.3) is 5.56 Å². The number of hydrogen-bond donors (Lipinski definition) is 0. The van der Waals surface area contributed by atoms with Crippen molar-refractivity contribution in [1.29, 1.82) is 0 Å². The van der Waals surface area contributed by atoms with E-state index in [2.05, 4.69) is 4.98 Å². The van der Waals surface area contributed by atoms with Gasteiger partial charge in [0.2, 0.25) is 0 Å². The summed E-state index contributed by atoms with van der Waals surface area (Å²) in [6.45, 7) is 0. The van der Waals surface area contributed by atoms with E-state index in [1.807, 2.05) is 0 Å². The van der Waals surface area contributed by atoms with Gasteiger partial charge in [-0.15, -0.1) is 0 Å². The zero-order valence-corrected chi connectivity index (χ0v) is 12.4. The monoisotopic (exact) mass is 305 g/mol. The summed E-state index contributed by atoms with van der Waals surface area (Å²) in [5.74, 6) is 0.911. The summed E-state index contributed by atoms with van der Waals surface area (Å²) in [6, 6.07) is 5.32. The summed E-state index contributed by atoms with van der Waals surface area (Å²) in [4.78, 5) is 28.0. The molecule has 0 atom stereocenters. The predicted molar refractivity (Wildman–Crippen MR) is 80.4 cm³/mol. The molecular formula is C14H12ClN3O3. The third-order valence-corrected chi connectivity index (χ3v) is 3.96. The van der Waals surface area contributed by atoms with Gasteiger partial charge in [-0.05, 0) is 12.1 Å². The highest BCUT2D eigenvalue weighted by atomic mass is 35.5. The van der Waals surface area contributed by atoms with Crippen molar-refractivity contribution in [2.24, 2.45) is 14.1 Å². The Bertz CT molecular complexity index is 958. The molecule has 0 spiro atoms. The molecule has 0 amide bonds. The number of nitrogens with zero attached hydrogens (tertiary/aromatic N) is 3. The number of hydrogen-bond acceptors (Lipinski definition) is 4. The molecule has 1 aromatic carbocycles. The molecule has 21 heavy (non-hydrogen) atoms. The zero-order valence-electron chi connectivity index (χ0n) is 11.7. The maximum absolute atomic E-state index is 12.3. The highest BCUT2D eigenvalue weighted by Gasteiger charge is 2.22. The van der Waals surface area contributed by atoms with E-state index in [0.29, 0.717) is 11.1 Å². The molecule has 2 aliphatic rings. The Morgan fingerprint density at radius 2 is 1.90 bits per heavy atom. The van der Waals surface area contributed by atoms with Gasteiger partial charge in [0.1, 0.15) is 11.3 Å². The summed E-state index contributed by atoms with van der Waals surface area (Å²) in [6.07, 6.45) is 0. The van der Waals surface area contributed by atoms with Crippen LogP contribution in [0.2, 0.25) is 5.02 Å². The number of aryl methyl sites for hydroxylation is 1. The Hall–Kier alpha value is -2.34. The van der Waals surface area contributed by atoms with E-state index in [1.54, 1.807) is 36.9 Å². The molecule has 2 aliphatic heterocycles. The van der Waals surface area contributed by atoms with Crippen molar-refractivity contribution in [3.05, 3.63) is 44.1 Å². The first kappa shape index (κ1) is 13.6. The van der Waals surface area contributed by atoms with Gasteiger partial charge in [-0.3, -0.25) is 9.36 Å². The van der Waals surface area contributed by atoms with Gasteiger partial charge in [0.05, 0.1) is 17.6 Å². The van der Waals surface area contributed by atoms with Crippen molar-refractivity contribution in [2.75, 3.05) is 7.11 Å². The van der Waals surface area contributed by atoms with Crippen molar-refractivity contribution in [3.8, 4) is 17.1 Å². The fraction of sp³-hybridized carbons (Fsp3) is 0.214. The first-order valence-corrected chi connectivity index (χ1v) is 6.56. The number of fused-ring (bicyclic) bond motifs is 2. The molecule has 3 rings (SSSR count). The Morgan fingerprint density at radius 3 is 2.57 bits per heavy atom. The Kier molecular flexibility index (Phi) is 2.98. The molecule has 0 N–H and O–H groups in total. The Morgan fingerprint density at radius 1 is 1.19 bits per heavy atom. The minimum atomic E-state index is -0.610. The predicted octanol–water partition coefficient (Wildman–Crippen LogP) is 1.40. The third kappa shape index (κ3) is 1.83. The van der Waals surface area contributed by atoms with Gasteiger partial charge in [0, 0.05) is 25.5 Å². The first-order valence-electron chi connectivity index (χ1n) is 6.18.